The molecule has 0 bridgehead atoms. The van der Waals surface area contributed by atoms with Gasteiger partial charge in [-0.1, -0.05) is 0 Å². The van der Waals surface area contributed by atoms with E-state index in [4.69, 9.17) is 11.0 Å². The number of anilines is 1. The Morgan fingerprint density at radius 1 is 1.30 bits per heavy atom. The van der Waals surface area contributed by atoms with Gasteiger partial charge in [-0.2, -0.15) is 10.4 Å². The van der Waals surface area contributed by atoms with Gasteiger partial charge in [0.1, 0.15) is 30.3 Å². The molecule has 0 fully saturated rings. The van der Waals surface area contributed by atoms with Crippen molar-refractivity contribution in [2.75, 3.05) is 5.73 Å². The van der Waals surface area contributed by atoms with Crippen LogP contribution in [-0.2, 0) is 13.6 Å². The number of nitrogens with zero attached hydrogens (tertiary/aromatic N) is 7. The Hall–Kier alpha value is -4.13. The molecule has 10 heteroatoms. The third kappa shape index (κ3) is 3.93. The van der Waals surface area contributed by atoms with Crippen molar-refractivity contribution in [3.05, 3.63) is 70.2 Å². The van der Waals surface area contributed by atoms with Gasteiger partial charge in [-0.3, -0.25) is 10.1 Å². The van der Waals surface area contributed by atoms with Gasteiger partial charge < -0.3 is 5.73 Å². The zero-order valence-corrected chi connectivity index (χ0v) is 14.4. The number of hydrogen-bond donors (Lipinski definition) is 1. The van der Waals surface area contributed by atoms with Crippen LogP contribution in [0.25, 0.3) is 0 Å². The number of nitrogen functional groups attached to an aromatic ring is 1. The van der Waals surface area contributed by atoms with Gasteiger partial charge in [0.05, 0.1) is 23.2 Å². The van der Waals surface area contributed by atoms with Crippen LogP contribution in [0.3, 0.4) is 0 Å². The van der Waals surface area contributed by atoms with E-state index >= 15 is 0 Å². The second-order valence-electron chi connectivity index (χ2n) is 5.71. The first-order valence-corrected chi connectivity index (χ1v) is 7.83. The van der Waals surface area contributed by atoms with Gasteiger partial charge in [0, 0.05) is 24.3 Å². The Bertz CT molecular complexity index is 1060. The summed E-state index contributed by atoms with van der Waals surface area (Å²) in [6.07, 6.45) is 5.32. The minimum atomic E-state index is -0.576. The summed E-state index contributed by atoms with van der Waals surface area (Å²) in [5.41, 5.74) is 7.51. The lowest BCUT2D eigenvalue weighted by molar-refractivity contribution is -0.671. The molecule has 134 valence electrons. The molecule has 0 spiro atoms. The van der Waals surface area contributed by atoms with Crippen LogP contribution in [0.1, 0.15) is 11.1 Å². The lowest BCUT2D eigenvalue weighted by atomic mass is 10.2. The van der Waals surface area contributed by atoms with Gasteiger partial charge in [0.25, 0.3) is 5.69 Å². The number of nitriles is 1. The van der Waals surface area contributed by atoms with Gasteiger partial charge in [-0.05, 0) is 11.6 Å². The van der Waals surface area contributed by atoms with Gasteiger partial charge in [0.15, 0.2) is 12.4 Å². The molecule has 1 aromatic carbocycles. The van der Waals surface area contributed by atoms with Gasteiger partial charge in [0.2, 0.25) is 0 Å². The standard InChI is InChI=1S/C17H15N8O2/c1-23-6-4-12(5-7-23)11-24-17(19)16(10-20-24)22-21-15-3-2-14(25(26)27)8-13(15)9-18/h2-8,10H,11,19H2,1H3/q+1. The molecule has 0 saturated heterocycles. The number of nitrogens with two attached hydrogens (primary N) is 1. The minimum absolute atomic E-state index is 0.0519. The highest BCUT2D eigenvalue weighted by Gasteiger charge is 2.12. The summed E-state index contributed by atoms with van der Waals surface area (Å²) in [5.74, 6) is 0.326. The van der Waals surface area contributed by atoms with Crippen molar-refractivity contribution in [1.29, 1.82) is 5.26 Å². The van der Waals surface area contributed by atoms with Crippen molar-refractivity contribution in [3.8, 4) is 6.07 Å². The van der Waals surface area contributed by atoms with E-state index in [1.165, 1.54) is 18.3 Å². The molecule has 0 atom stereocenters. The van der Waals surface area contributed by atoms with Crippen LogP contribution in [0, 0.1) is 21.4 Å². The summed E-state index contributed by atoms with van der Waals surface area (Å²) in [5, 5.41) is 32.1. The normalized spacial score (nSPS) is 10.8. The summed E-state index contributed by atoms with van der Waals surface area (Å²) in [4.78, 5) is 10.2. The monoisotopic (exact) mass is 363 g/mol. The van der Waals surface area contributed by atoms with Crippen LogP contribution >= 0.6 is 0 Å². The molecular weight excluding hydrogens is 348 g/mol. The number of rotatable bonds is 5. The molecule has 0 aliphatic heterocycles. The molecule has 2 heterocycles. The third-order valence-electron chi connectivity index (χ3n) is 3.82. The van der Waals surface area contributed by atoms with Crippen molar-refractivity contribution in [2.45, 2.75) is 6.54 Å². The predicted molar refractivity (Wildman–Crippen MR) is 95.3 cm³/mol. The Balaban J connectivity index is 1.82. The highest BCUT2D eigenvalue weighted by molar-refractivity contribution is 5.60. The molecule has 3 aromatic rings. The highest BCUT2D eigenvalue weighted by atomic mass is 16.6. The van der Waals surface area contributed by atoms with Gasteiger partial charge in [-0.25, -0.2) is 9.25 Å². The molecule has 10 nitrogen and oxygen atoms in total. The quantitative estimate of drug-likeness (QED) is 0.321. The maximum Gasteiger partial charge on any atom is 0.270 e. The number of non-ortho nitro benzene ring substituents is 1. The average Bonchev–Trinajstić information content (AvgIpc) is 3.01. The number of azo groups is 1. The number of benzene rings is 1. The molecule has 2 N–H and O–H groups in total. The van der Waals surface area contributed by atoms with Crippen LogP contribution in [0.2, 0.25) is 0 Å². The van der Waals surface area contributed by atoms with E-state index < -0.39 is 4.92 Å². The minimum Gasteiger partial charge on any atom is -0.382 e. The van der Waals surface area contributed by atoms with Crippen molar-refractivity contribution < 1.29 is 9.49 Å². The number of pyridine rings is 1. The molecule has 0 aliphatic rings. The summed E-state index contributed by atoms with van der Waals surface area (Å²) in [6, 6.07) is 9.56. The van der Waals surface area contributed by atoms with Crippen molar-refractivity contribution in [2.24, 2.45) is 17.3 Å². The molecule has 2 aromatic heterocycles. The first-order valence-electron chi connectivity index (χ1n) is 7.83. The first-order chi connectivity index (χ1) is 13.0. The van der Waals surface area contributed by atoms with Crippen LogP contribution in [0.5, 0.6) is 0 Å². The fourth-order valence-electron chi connectivity index (χ4n) is 2.32. The maximum atomic E-state index is 10.8. The lowest BCUT2D eigenvalue weighted by Gasteiger charge is -2.03. The third-order valence-corrected chi connectivity index (χ3v) is 3.82. The van der Waals surface area contributed by atoms with Crippen LogP contribution in [0.4, 0.5) is 22.9 Å². The van der Waals surface area contributed by atoms with Crippen molar-refractivity contribution >= 4 is 22.9 Å². The second kappa shape index (κ2) is 7.40. The van der Waals surface area contributed by atoms with E-state index in [1.807, 2.05) is 42.2 Å². The summed E-state index contributed by atoms with van der Waals surface area (Å²) in [6.45, 7) is 0.475. The van der Waals surface area contributed by atoms with E-state index in [0.29, 0.717) is 18.1 Å². The molecule has 0 aliphatic carbocycles. The zero-order chi connectivity index (χ0) is 19.4. The predicted octanol–water partition coefficient (Wildman–Crippen LogP) is 2.53. The summed E-state index contributed by atoms with van der Waals surface area (Å²) >= 11 is 0. The van der Waals surface area contributed by atoms with E-state index in [2.05, 4.69) is 15.3 Å². The SMILES string of the molecule is C[n+]1ccc(Cn2ncc(N=Nc3ccc([N+](=O)[O-])cc3C#N)c2N)cc1. The van der Waals surface area contributed by atoms with Crippen molar-refractivity contribution in [1.82, 2.24) is 9.78 Å². The largest absolute Gasteiger partial charge is 0.382 e. The molecule has 0 radical (unpaired) electrons. The average molecular weight is 363 g/mol. The molecule has 3 rings (SSSR count). The molecule has 0 saturated carbocycles. The van der Waals surface area contributed by atoms with E-state index in [1.54, 1.807) is 4.68 Å². The first kappa shape index (κ1) is 17.7. The fourth-order valence-corrected chi connectivity index (χ4v) is 2.32. The zero-order valence-electron chi connectivity index (χ0n) is 14.4. The molecule has 27 heavy (non-hydrogen) atoms. The lowest BCUT2D eigenvalue weighted by Crippen LogP contribution is -2.26. The fraction of sp³-hybridized carbons (Fsp3) is 0.118. The number of nitro benzene ring substituents is 1. The highest BCUT2D eigenvalue weighted by Crippen LogP contribution is 2.28. The molecule has 0 unspecified atom stereocenters. The molecule has 0 amide bonds. The Labute approximate surface area is 154 Å². The van der Waals surface area contributed by atoms with Crippen LogP contribution in [-0.4, -0.2) is 14.7 Å². The number of nitro groups is 1. The van der Waals surface area contributed by atoms with E-state index in [-0.39, 0.29) is 16.9 Å². The topological polar surface area (TPSA) is 139 Å². The molecular formula is C17H15N8O2+. The van der Waals surface area contributed by atoms with E-state index in [0.717, 1.165) is 11.6 Å². The number of aromatic nitrogens is 3. The number of aryl methyl sites for hydroxylation is 1. The Kier molecular flexibility index (Phi) is 4.85. The van der Waals surface area contributed by atoms with Gasteiger partial charge in [-0.15, -0.1) is 10.2 Å². The summed E-state index contributed by atoms with van der Waals surface area (Å²) in [7, 11) is 1.93. The maximum absolute atomic E-state index is 10.8. The van der Waals surface area contributed by atoms with Gasteiger partial charge >= 0.3 is 0 Å². The summed E-state index contributed by atoms with van der Waals surface area (Å²) < 4.78 is 3.51. The Morgan fingerprint density at radius 2 is 2.00 bits per heavy atom. The van der Waals surface area contributed by atoms with E-state index in [9.17, 15) is 10.1 Å². The Morgan fingerprint density at radius 3 is 2.67 bits per heavy atom. The number of hydrogen-bond acceptors (Lipinski definition) is 7. The van der Waals surface area contributed by atoms with Crippen LogP contribution < -0.4 is 10.3 Å². The smallest absolute Gasteiger partial charge is 0.270 e. The van der Waals surface area contributed by atoms with Crippen LogP contribution in [0.15, 0.2) is 59.2 Å². The van der Waals surface area contributed by atoms with Crippen molar-refractivity contribution in [3.63, 3.8) is 0 Å². The second-order valence-corrected chi connectivity index (χ2v) is 5.71.